The van der Waals surface area contributed by atoms with Crippen molar-refractivity contribution in [3.05, 3.63) is 65.8 Å². The third-order valence-electron chi connectivity index (χ3n) is 3.32. The normalized spacial score (nSPS) is 10.4. The Morgan fingerprint density at radius 3 is 2.50 bits per heavy atom. The lowest BCUT2D eigenvalue weighted by Crippen LogP contribution is -2.23. The highest BCUT2D eigenvalue weighted by molar-refractivity contribution is 5.89. The molecule has 0 bridgehead atoms. The van der Waals surface area contributed by atoms with Gasteiger partial charge in [0.05, 0.1) is 7.11 Å². The van der Waals surface area contributed by atoms with Crippen molar-refractivity contribution in [3.8, 4) is 17.2 Å². The molecule has 0 spiro atoms. The van der Waals surface area contributed by atoms with E-state index in [4.69, 9.17) is 9.15 Å². The number of benzene rings is 2. The number of nitrogens with zero attached hydrogens (tertiary/aromatic N) is 2. The SMILES string of the molecule is COc1ccc(-c2nnc(C(=O)NCc3ccc(F)cc3)o2)cc1. The topological polar surface area (TPSA) is 77.2 Å². The molecule has 0 radical (unpaired) electrons. The van der Waals surface area contributed by atoms with Crippen molar-refractivity contribution in [2.75, 3.05) is 7.11 Å². The summed E-state index contributed by atoms with van der Waals surface area (Å²) in [5.41, 5.74) is 1.44. The number of rotatable bonds is 5. The number of ether oxygens (including phenoxy) is 1. The van der Waals surface area contributed by atoms with Crippen LogP contribution in [0.1, 0.15) is 16.2 Å². The predicted octanol–water partition coefficient (Wildman–Crippen LogP) is 2.81. The predicted molar refractivity (Wildman–Crippen MR) is 83.9 cm³/mol. The van der Waals surface area contributed by atoms with Crippen molar-refractivity contribution in [3.63, 3.8) is 0 Å². The Morgan fingerprint density at radius 1 is 1.12 bits per heavy atom. The van der Waals surface area contributed by atoms with Crippen LogP contribution in [0.5, 0.6) is 5.75 Å². The zero-order valence-electron chi connectivity index (χ0n) is 12.8. The molecule has 7 heteroatoms. The molecular weight excluding hydrogens is 313 g/mol. The maximum absolute atomic E-state index is 12.8. The molecule has 3 rings (SSSR count). The number of hydrogen-bond donors (Lipinski definition) is 1. The quantitative estimate of drug-likeness (QED) is 0.780. The van der Waals surface area contributed by atoms with Gasteiger partial charge in [0.2, 0.25) is 5.89 Å². The van der Waals surface area contributed by atoms with E-state index < -0.39 is 5.91 Å². The van der Waals surface area contributed by atoms with Gasteiger partial charge in [0, 0.05) is 12.1 Å². The van der Waals surface area contributed by atoms with Crippen LogP contribution in [0, 0.1) is 5.82 Å². The number of halogens is 1. The molecule has 3 aromatic rings. The van der Waals surface area contributed by atoms with Gasteiger partial charge in [-0.25, -0.2) is 4.39 Å². The third kappa shape index (κ3) is 3.57. The highest BCUT2D eigenvalue weighted by atomic mass is 19.1. The lowest BCUT2D eigenvalue weighted by molar-refractivity contribution is 0.0917. The molecule has 0 saturated carbocycles. The summed E-state index contributed by atoms with van der Waals surface area (Å²) in [5.74, 6) is -0.0132. The van der Waals surface area contributed by atoms with Gasteiger partial charge in [-0.2, -0.15) is 0 Å². The van der Waals surface area contributed by atoms with E-state index in [9.17, 15) is 9.18 Å². The van der Waals surface area contributed by atoms with Gasteiger partial charge in [-0.15, -0.1) is 10.2 Å². The fourth-order valence-corrected chi connectivity index (χ4v) is 2.03. The second-order valence-electron chi connectivity index (χ2n) is 4.95. The van der Waals surface area contributed by atoms with E-state index in [1.54, 1.807) is 43.5 Å². The standard InChI is InChI=1S/C17H14FN3O3/c1-23-14-8-4-12(5-9-14)16-20-21-17(24-16)15(22)19-10-11-2-6-13(18)7-3-11/h2-9H,10H2,1H3,(H,19,22). The van der Waals surface area contributed by atoms with Gasteiger partial charge in [-0.05, 0) is 42.0 Å². The molecule has 24 heavy (non-hydrogen) atoms. The smallest absolute Gasteiger partial charge is 0.309 e. The van der Waals surface area contributed by atoms with Crippen LogP contribution >= 0.6 is 0 Å². The van der Waals surface area contributed by atoms with E-state index in [0.717, 1.165) is 5.56 Å². The number of amides is 1. The third-order valence-corrected chi connectivity index (χ3v) is 3.32. The lowest BCUT2D eigenvalue weighted by Gasteiger charge is -2.02. The first-order valence-corrected chi connectivity index (χ1v) is 7.16. The molecule has 6 nitrogen and oxygen atoms in total. The number of carbonyl (C=O) groups excluding carboxylic acids is 1. The first-order chi connectivity index (χ1) is 11.7. The minimum atomic E-state index is -0.494. The van der Waals surface area contributed by atoms with E-state index in [-0.39, 0.29) is 24.1 Å². The maximum atomic E-state index is 12.8. The van der Waals surface area contributed by atoms with Crippen LogP contribution in [-0.2, 0) is 6.54 Å². The van der Waals surface area contributed by atoms with E-state index in [1.807, 2.05) is 0 Å². The summed E-state index contributed by atoms with van der Waals surface area (Å²) in [6.45, 7) is 0.235. The van der Waals surface area contributed by atoms with Gasteiger partial charge in [0.25, 0.3) is 0 Å². The monoisotopic (exact) mass is 327 g/mol. The minimum Gasteiger partial charge on any atom is -0.497 e. The summed E-state index contributed by atoms with van der Waals surface area (Å²) in [4.78, 5) is 12.0. The zero-order chi connectivity index (χ0) is 16.9. The van der Waals surface area contributed by atoms with Crippen LogP contribution in [0.15, 0.2) is 52.9 Å². The molecular formula is C17H14FN3O3. The van der Waals surface area contributed by atoms with Crippen LogP contribution in [0.25, 0.3) is 11.5 Å². The van der Waals surface area contributed by atoms with Crippen LogP contribution in [0.4, 0.5) is 4.39 Å². The first kappa shape index (κ1) is 15.7. The van der Waals surface area contributed by atoms with Gasteiger partial charge >= 0.3 is 11.8 Å². The Labute approximate surface area is 137 Å². The van der Waals surface area contributed by atoms with Gasteiger partial charge in [-0.1, -0.05) is 12.1 Å². The first-order valence-electron chi connectivity index (χ1n) is 7.16. The summed E-state index contributed by atoms with van der Waals surface area (Å²) in [6, 6.07) is 12.9. The van der Waals surface area contributed by atoms with Crippen molar-refractivity contribution in [1.29, 1.82) is 0 Å². The van der Waals surface area contributed by atoms with Gasteiger partial charge < -0.3 is 14.5 Å². The molecule has 0 aliphatic carbocycles. The molecule has 0 fully saturated rings. The van der Waals surface area contributed by atoms with E-state index in [2.05, 4.69) is 15.5 Å². The molecule has 122 valence electrons. The number of nitrogens with one attached hydrogen (secondary N) is 1. The molecule has 0 unspecified atom stereocenters. The van der Waals surface area contributed by atoms with Crippen molar-refractivity contribution in [2.24, 2.45) is 0 Å². The van der Waals surface area contributed by atoms with Gasteiger partial charge in [-0.3, -0.25) is 4.79 Å². The fourth-order valence-electron chi connectivity index (χ4n) is 2.03. The van der Waals surface area contributed by atoms with E-state index in [1.165, 1.54) is 12.1 Å². The molecule has 0 aliphatic rings. The largest absolute Gasteiger partial charge is 0.497 e. The molecule has 1 N–H and O–H groups in total. The minimum absolute atomic E-state index is 0.136. The molecule has 0 atom stereocenters. The van der Waals surface area contributed by atoms with Crippen molar-refractivity contribution in [2.45, 2.75) is 6.54 Å². The second-order valence-corrected chi connectivity index (χ2v) is 4.95. The Kier molecular flexibility index (Phi) is 4.51. The van der Waals surface area contributed by atoms with Crippen molar-refractivity contribution in [1.82, 2.24) is 15.5 Å². The Morgan fingerprint density at radius 2 is 1.83 bits per heavy atom. The Balaban J connectivity index is 1.65. The summed E-state index contributed by atoms with van der Waals surface area (Å²) >= 11 is 0. The van der Waals surface area contributed by atoms with Crippen molar-refractivity contribution >= 4 is 5.91 Å². The van der Waals surface area contributed by atoms with Crippen molar-refractivity contribution < 1.29 is 18.3 Å². The fraction of sp³-hybridized carbons (Fsp3) is 0.118. The number of aromatic nitrogens is 2. The maximum Gasteiger partial charge on any atom is 0.309 e. The lowest BCUT2D eigenvalue weighted by atomic mass is 10.2. The van der Waals surface area contributed by atoms with E-state index in [0.29, 0.717) is 11.3 Å². The number of hydrogen-bond acceptors (Lipinski definition) is 5. The highest BCUT2D eigenvalue weighted by Gasteiger charge is 2.15. The molecule has 0 saturated heterocycles. The number of carbonyl (C=O) groups is 1. The summed E-state index contributed by atoms with van der Waals surface area (Å²) in [6.07, 6.45) is 0. The Hall–Kier alpha value is -3.22. The summed E-state index contributed by atoms with van der Waals surface area (Å²) in [5, 5.41) is 10.2. The average molecular weight is 327 g/mol. The van der Waals surface area contributed by atoms with Crippen LogP contribution in [-0.4, -0.2) is 23.2 Å². The van der Waals surface area contributed by atoms with Crippen LogP contribution in [0.2, 0.25) is 0 Å². The summed E-state index contributed by atoms with van der Waals surface area (Å²) < 4.78 is 23.3. The average Bonchev–Trinajstić information content (AvgIpc) is 3.11. The highest BCUT2D eigenvalue weighted by Crippen LogP contribution is 2.21. The molecule has 1 aromatic heterocycles. The van der Waals surface area contributed by atoms with Crippen LogP contribution < -0.4 is 10.1 Å². The number of methoxy groups -OCH3 is 1. The van der Waals surface area contributed by atoms with Gasteiger partial charge in [0.1, 0.15) is 11.6 Å². The second kappa shape index (κ2) is 6.91. The van der Waals surface area contributed by atoms with Gasteiger partial charge in [0.15, 0.2) is 0 Å². The Bertz CT molecular complexity index is 829. The van der Waals surface area contributed by atoms with E-state index >= 15 is 0 Å². The summed E-state index contributed by atoms with van der Waals surface area (Å²) in [7, 11) is 1.57. The molecule has 2 aromatic carbocycles. The zero-order valence-corrected chi connectivity index (χ0v) is 12.8. The van der Waals surface area contributed by atoms with Crippen LogP contribution in [0.3, 0.4) is 0 Å². The molecule has 1 amide bonds. The molecule has 1 heterocycles. The molecule has 0 aliphatic heterocycles.